The minimum Gasteiger partial charge on any atom is -0.342 e. The molecule has 1 amide bonds. The third-order valence-corrected chi connectivity index (χ3v) is 7.19. The maximum Gasteiger partial charge on any atom is 0.266 e. The Morgan fingerprint density at radius 2 is 1.80 bits per heavy atom. The Morgan fingerprint density at radius 1 is 1.00 bits per heavy atom. The molecular weight excluding hydrogens is 516 g/mol. The average molecular weight is 545 g/mol. The topological polar surface area (TPSA) is 112 Å². The Labute approximate surface area is 235 Å². The number of carbonyl (C=O) groups is 1. The van der Waals surface area contributed by atoms with E-state index in [9.17, 15) is 9.59 Å². The third kappa shape index (κ3) is 4.59. The van der Waals surface area contributed by atoms with Crippen LogP contribution in [0.15, 0.2) is 78.0 Å². The number of para-hydroxylation sites is 1. The van der Waals surface area contributed by atoms with E-state index in [1.165, 1.54) is 0 Å². The smallest absolute Gasteiger partial charge is 0.266 e. The van der Waals surface area contributed by atoms with Crippen molar-refractivity contribution >= 4 is 34.6 Å². The minimum atomic E-state index is -0.616. The maximum atomic E-state index is 14.2. The lowest BCUT2D eigenvalue weighted by Crippen LogP contribution is -2.33. The van der Waals surface area contributed by atoms with E-state index in [0.29, 0.717) is 39.3 Å². The van der Waals surface area contributed by atoms with Gasteiger partial charge in [-0.2, -0.15) is 5.10 Å². The van der Waals surface area contributed by atoms with Crippen LogP contribution in [0.1, 0.15) is 51.9 Å². The summed E-state index contributed by atoms with van der Waals surface area (Å²) in [5.74, 6) is 0.958. The molecule has 0 fully saturated rings. The second-order valence-corrected chi connectivity index (χ2v) is 9.85. The highest BCUT2D eigenvalue weighted by molar-refractivity contribution is 6.01. The van der Waals surface area contributed by atoms with Gasteiger partial charge in [-0.25, -0.2) is 19.5 Å². The normalized spacial score (nSPS) is 12.4. The van der Waals surface area contributed by atoms with Crippen LogP contribution in [0.3, 0.4) is 0 Å². The van der Waals surface area contributed by atoms with Gasteiger partial charge in [0.1, 0.15) is 17.2 Å². The summed E-state index contributed by atoms with van der Waals surface area (Å²) in [6, 6.07) is 16.0. The first-order valence-corrected chi connectivity index (χ1v) is 13.2. The molecule has 1 atom stereocenters. The van der Waals surface area contributed by atoms with Crippen LogP contribution in [0.25, 0.3) is 34.4 Å². The predicted octanol–water partition coefficient (Wildman–Crippen LogP) is 4.44. The van der Waals surface area contributed by atoms with Gasteiger partial charge in [-0.15, -0.1) is 0 Å². The number of aromatic nitrogens is 7. The van der Waals surface area contributed by atoms with Gasteiger partial charge in [0.05, 0.1) is 40.2 Å². The zero-order valence-electron chi connectivity index (χ0n) is 23.1. The molecule has 204 valence electrons. The van der Waals surface area contributed by atoms with Gasteiger partial charge in [0.2, 0.25) is 0 Å². The van der Waals surface area contributed by atoms with E-state index in [2.05, 4.69) is 20.4 Å². The van der Waals surface area contributed by atoms with Crippen LogP contribution in [0.5, 0.6) is 0 Å². The van der Waals surface area contributed by atoms with E-state index < -0.39 is 6.04 Å². The summed E-state index contributed by atoms with van der Waals surface area (Å²) < 4.78 is 5.12. The summed E-state index contributed by atoms with van der Waals surface area (Å²) >= 11 is 0. The first-order chi connectivity index (χ1) is 19.8. The summed E-state index contributed by atoms with van der Waals surface area (Å²) in [6.45, 7) is 5.52. The second-order valence-electron chi connectivity index (χ2n) is 9.85. The first kappa shape index (κ1) is 25.9. The second kappa shape index (κ2) is 10.3. The van der Waals surface area contributed by atoms with Gasteiger partial charge in [0.25, 0.3) is 11.5 Å². The number of benzene rings is 2. The summed E-state index contributed by atoms with van der Waals surface area (Å²) in [5.41, 5.74) is 4.01. The highest BCUT2D eigenvalue weighted by atomic mass is 16.2. The lowest BCUT2D eigenvalue weighted by atomic mass is 10.1. The van der Waals surface area contributed by atoms with Crippen LogP contribution in [-0.2, 0) is 7.05 Å². The van der Waals surface area contributed by atoms with Crippen LogP contribution >= 0.6 is 0 Å². The molecule has 0 unspecified atom stereocenters. The lowest BCUT2D eigenvalue weighted by Gasteiger charge is -2.20. The van der Waals surface area contributed by atoms with Crippen molar-refractivity contribution < 1.29 is 4.79 Å². The molecule has 1 N–H and O–H groups in total. The Balaban J connectivity index is 1.47. The van der Waals surface area contributed by atoms with Crippen molar-refractivity contribution in [2.75, 3.05) is 0 Å². The van der Waals surface area contributed by atoms with Gasteiger partial charge in [-0.05, 0) is 56.7 Å². The van der Waals surface area contributed by atoms with Gasteiger partial charge < -0.3 is 9.88 Å². The quantitative estimate of drug-likeness (QED) is 0.332. The molecule has 10 heteroatoms. The molecular formula is C31H28N8O2. The zero-order valence-corrected chi connectivity index (χ0v) is 23.1. The van der Waals surface area contributed by atoms with Gasteiger partial charge in [-0.1, -0.05) is 36.4 Å². The fourth-order valence-corrected chi connectivity index (χ4v) is 4.97. The number of fused-ring (bicyclic) bond motifs is 2. The molecule has 0 radical (unpaired) electrons. The van der Waals surface area contributed by atoms with Gasteiger partial charge in [0.15, 0.2) is 5.65 Å². The Morgan fingerprint density at radius 3 is 2.56 bits per heavy atom. The van der Waals surface area contributed by atoms with Crippen molar-refractivity contribution in [3.05, 3.63) is 118 Å². The Bertz CT molecular complexity index is 2020. The summed E-state index contributed by atoms with van der Waals surface area (Å²) in [5, 5.41) is 7.91. The van der Waals surface area contributed by atoms with E-state index in [-0.39, 0.29) is 11.5 Å². The SMILES string of the molecule is Cc1nn2cccnc2c1C(=O)N[C@@H](C)c1nc2cccc(/C=C/c3cnc(C)n3C)c2c(=O)n1-c1ccccc1. The molecule has 10 nitrogen and oxygen atoms in total. The van der Waals surface area contributed by atoms with Crippen LogP contribution in [-0.4, -0.2) is 39.6 Å². The van der Waals surface area contributed by atoms with Crippen molar-refractivity contribution in [1.82, 2.24) is 39.0 Å². The summed E-state index contributed by atoms with van der Waals surface area (Å²) in [7, 11) is 1.95. The molecule has 0 spiro atoms. The van der Waals surface area contributed by atoms with Crippen LogP contribution < -0.4 is 10.9 Å². The van der Waals surface area contributed by atoms with Gasteiger partial charge in [0, 0.05) is 19.4 Å². The van der Waals surface area contributed by atoms with E-state index in [0.717, 1.165) is 17.1 Å². The highest BCUT2D eigenvalue weighted by Crippen LogP contribution is 2.23. The highest BCUT2D eigenvalue weighted by Gasteiger charge is 2.24. The first-order valence-electron chi connectivity index (χ1n) is 13.2. The molecule has 0 saturated carbocycles. The van der Waals surface area contributed by atoms with Crippen LogP contribution in [0.4, 0.5) is 0 Å². The van der Waals surface area contributed by atoms with Crippen molar-refractivity contribution in [1.29, 1.82) is 0 Å². The monoisotopic (exact) mass is 544 g/mol. The molecule has 4 aromatic heterocycles. The van der Waals surface area contributed by atoms with Gasteiger partial charge >= 0.3 is 0 Å². The molecule has 6 rings (SSSR count). The fraction of sp³-hybridized carbons (Fsp3) is 0.161. The summed E-state index contributed by atoms with van der Waals surface area (Å²) in [6.07, 6.45) is 9.00. The number of rotatable bonds is 6. The molecule has 0 saturated heterocycles. The lowest BCUT2D eigenvalue weighted by molar-refractivity contribution is 0.0938. The zero-order chi connectivity index (χ0) is 28.7. The summed E-state index contributed by atoms with van der Waals surface area (Å²) in [4.78, 5) is 41.3. The molecule has 0 aliphatic carbocycles. The largest absolute Gasteiger partial charge is 0.342 e. The van der Waals surface area contributed by atoms with E-state index >= 15 is 0 Å². The maximum absolute atomic E-state index is 14.2. The predicted molar refractivity (Wildman–Crippen MR) is 158 cm³/mol. The number of nitrogens with zero attached hydrogens (tertiary/aromatic N) is 7. The van der Waals surface area contributed by atoms with Crippen molar-refractivity contribution in [3.63, 3.8) is 0 Å². The molecule has 4 heterocycles. The Hall–Kier alpha value is -5.38. The van der Waals surface area contributed by atoms with E-state index in [1.54, 1.807) is 40.7 Å². The number of carbonyl (C=O) groups excluding carboxylic acids is 1. The number of imidazole rings is 1. The number of amides is 1. The fourth-order valence-electron chi connectivity index (χ4n) is 4.97. The molecule has 41 heavy (non-hydrogen) atoms. The van der Waals surface area contributed by atoms with Crippen molar-refractivity contribution in [3.8, 4) is 5.69 Å². The van der Waals surface area contributed by atoms with Crippen LogP contribution in [0.2, 0.25) is 0 Å². The number of hydrogen-bond donors (Lipinski definition) is 1. The molecule has 0 aliphatic heterocycles. The molecule has 0 bridgehead atoms. The van der Waals surface area contributed by atoms with Crippen molar-refractivity contribution in [2.24, 2.45) is 7.05 Å². The van der Waals surface area contributed by atoms with E-state index in [4.69, 9.17) is 4.98 Å². The molecule has 0 aliphatic rings. The number of nitrogens with one attached hydrogen (secondary N) is 1. The standard InChI is InChI=1S/C31H28N8O2/c1-19-26(29-32-16-9-17-38(29)36-19)30(40)34-20(2)28-35-25-13-8-10-22(14-15-24-18-33-21(3)37(24)4)27(25)31(41)39(28)23-11-6-5-7-12-23/h5-18,20H,1-4H3,(H,34,40)/b15-14+/t20-/m0/s1. The van der Waals surface area contributed by atoms with Gasteiger partial charge in [-0.3, -0.25) is 14.2 Å². The Kier molecular flexibility index (Phi) is 6.50. The number of aryl methyl sites for hydroxylation is 2. The van der Waals surface area contributed by atoms with E-state index in [1.807, 2.05) is 86.1 Å². The third-order valence-electron chi connectivity index (χ3n) is 7.19. The number of hydrogen-bond acceptors (Lipinski definition) is 6. The molecule has 2 aromatic carbocycles. The minimum absolute atomic E-state index is 0.229. The van der Waals surface area contributed by atoms with Crippen LogP contribution in [0, 0.1) is 13.8 Å². The molecule has 6 aromatic rings. The van der Waals surface area contributed by atoms with Crippen molar-refractivity contribution in [2.45, 2.75) is 26.8 Å². The average Bonchev–Trinajstić information content (AvgIpc) is 3.49.